The summed E-state index contributed by atoms with van der Waals surface area (Å²) in [6.07, 6.45) is 1.97. The Labute approximate surface area is 180 Å². The highest BCUT2D eigenvalue weighted by Gasteiger charge is 2.23. The van der Waals surface area contributed by atoms with Crippen molar-refractivity contribution in [3.8, 4) is 0 Å². The van der Waals surface area contributed by atoms with Crippen molar-refractivity contribution in [1.82, 2.24) is 0 Å². The molecule has 0 spiro atoms. The normalized spacial score (nSPS) is 11.0. The third kappa shape index (κ3) is 7.25. The van der Waals surface area contributed by atoms with Crippen LogP contribution in [0.1, 0.15) is 31.1 Å². The maximum Gasteiger partial charge on any atom is 0.339 e. The summed E-state index contributed by atoms with van der Waals surface area (Å²) in [5.41, 5.74) is 0.507. The smallest absolute Gasteiger partial charge is 0.339 e. The first-order valence-corrected chi connectivity index (χ1v) is 11.3. The van der Waals surface area contributed by atoms with Crippen LogP contribution in [0.3, 0.4) is 0 Å². The minimum Gasteiger partial charge on any atom is -0.454 e. The van der Waals surface area contributed by atoms with Crippen LogP contribution in [0.5, 0.6) is 0 Å². The van der Waals surface area contributed by atoms with Gasteiger partial charge in [0.1, 0.15) is 0 Å². The number of amides is 1. The molecule has 0 fully saturated rings. The van der Waals surface area contributed by atoms with E-state index in [0.29, 0.717) is 10.5 Å². The van der Waals surface area contributed by atoms with Gasteiger partial charge < -0.3 is 10.1 Å². The van der Waals surface area contributed by atoms with Gasteiger partial charge in [0.2, 0.25) is 5.91 Å². The molecule has 0 unspecified atom stereocenters. The van der Waals surface area contributed by atoms with Gasteiger partial charge >= 0.3 is 5.97 Å². The van der Waals surface area contributed by atoms with E-state index in [1.54, 1.807) is 56.8 Å². The number of hydrogen-bond donors (Lipinski definition) is 1. The molecule has 29 heavy (non-hydrogen) atoms. The Morgan fingerprint density at radius 3 is 2.45 bits per heavy atom. The first-order valence-electron chi connectivity index (χ1n) is 9.07. The lowest BCUT2D eigenvalue weighted by Gasteiger charge is -2.16. The molecule has 5 nitrogen and oxygen atoms in total. The van der Waals surface area contributed by atoms with Gasteiger partial charge in [-0.25, -0.2) is 4.79 Å². The molecule has 0 bridgehead atoms. The fourth-order valence-electron chi connectivity index (χ4n) is 2.23. The predicted octanol–water partition coefficient (Wildman–Crippen LogP) is 4.91. The molecule has 0 aliphatic rings. The van der Waals surface area contributed by atoms with E-state index in [1.165, 1.54) is 11.8 Å². The molecule has 0 aliphatic carbocycles. The van der Waals surface area contributed by atoms with Crippen molar-refractivity contribution in [3.63, 3.8) is 0 Å². The molecule has 1 amide bonds. The van der Waals surface area contributed by atoms with E-state index in [2.05, 4.69) is 5.32 Å². The second-order valence-electron chi connectivity index (χ2n) is 7.31. The molecule has 0 saturated heterocycles. The van der Waals surface area contributed by atoms with E-state index in [1.807, 2.05) is 30.5 Å². The van der Waals surface area contributed by atoms with E-state index in [4.69, 9.17) is 4.74 Å². The van der Waals surface area contributed by atoms with Crippen LogP contribution in [0, 0.1) is 5.41 Å². The zero-order valence-corrected chi connectivity index (χ0v) is 18.6. The lowest BCUT2D eigenvalue weighted by molar-refractivity contribution is -0.129. The zero-order chi connectivity index (χ0) is 21.4. The van der Waals surface area contributed by atoms with Gasteiger partial charge in [-0.3, -0.25) is 9.59 Å². The summed E-state index contributed by atoms with van der Waals surface area (Å²) < 4.78 is 5.18. The molecule has 0 aromatic heterocycles. The van der Waals surface area contributed by atoms with Crippen LogP contribution in [0.4, 0.5) is 5.69 Å². The number of nitrogens with one attached hydrogen (secondary N) is 1. The average molecular weight is 432 g/mol. The summed E-state index contributed by atoms with van der Waals surface area (Å²) in [4.78, 5) is 38.4. The first-order chi connectivity index (χ1) is 13.7. The lowest BCUT2D eigenvalue weighted by atomic mass is 9.91. The molecule has 0 atom stereocenters. The maximum atomic E-state index is 12.4. The van der Waals surface area contributed by atoms with Crippen molar-refractivity contribution in [2.24, 2.45) is 5.41 Å². The van der Waals surface area contributed by atoms with Crippen molar-refractivity contribution in [3.05, 3.63) is 54.1 Å². The van der Waals surface area contributed by atoms with Crippen molar-refractivity contribution in [1.29, 1.82) is 0 Å². The number of ether oxygens (including phenoxy) is 1. The second kappa shape index (κ2) is 10.5. The lowest BCUT2D eigenvalue weighted by Crippen LogP contribution is -2.26. The molecule has 2 aromatic rings. The van der Waals surface area contributed by atoms with E-state index in [9.17, 15) is 14.4 Å². The van der Waals surface area contributed by atoms with Crippen molar-refractivity contribution in [2.45, 2.75) is 30.6 Å². The van der Waals surface area contributed by atoms with Gasteiger partial charge in [0.05, 0.1) is 11.3 Å². The highest BCUT2D eigenvalue weighted by molar-refractivity contribution is 8.00. The molecule has 2 rings (SSSR count). The molecule has 7 heteroatoms. The highest BCUT2D eigenvalue weighted by atomic mass is 32.2. The molecule has 0 radical (unpaired) electrons. The van der Waals surface area contributed by atoms with E-state index in [-0.39, 0.29) is 24.1 Å². The Morgan fingerprint density at radius 2 is 1.76 bits per heavy atom. The van der Waals surface area contributed by atoms with Crippen LogP contribution in [0.25, 0.3) is 0 Å². The molecule has 0 aliphatic heterocycles. The Hall–Kier alpha value is -2.25. The highest BCUT2D eigenvalue weighted by Crippen LogP contribution is 2.25. The SMILES string of the molecule is CSc1cccc(NC(=O)CSc2ccccc2C(=O)OCC(=O)C(C)(C)C)c1. The summed E-state index contributed by atoms with van der Waals surface area (Å²) in [5, 5.41) is 2.86. The fourth-order valence-corrected chi connectivity index (χ4v) is 3.53. The van der Waals surface area contributed by atoms with Gasteiger partial charge in [0.25, 0.3) is 0 Å². The van der Waals surface area contributed by atoms with Crippen LogP contribution in [-0.4, -0.2) is 36.3 Å². The summed E-state index contributed by atoms with van der Waals surface area (Å²) >= 11 is 2.85. The maximum absolute atomic E-state index is 12.4. The number of carbonyl (C=O) groups is 3. The average Bonchev–Trinajstić information content (AvgIpc) is 2.69. The quantitative estimate of drug-likeness (QED) is 0.473. The molecule has 2 aromatic carbocycles. The largest absolute Gasteiger partial charge is 0.454 e. The number of hydrogen-bond acceptors (Lipinski definition) is 6. The second-order valence-corrected chi connectivity index (χ2v) is 9.21. The minimum atomic E-state index is -0.571. The summed E-state index contributed by atoms with van der Waals surface area (Å²) in [6.45, 7) is 5.06. The molecular weight excluding hydrogens is 406 g/mol. The first kappa shape index (κ1) is 23.0. The van der Waals surface area contributed by atoms with Crippen molar-refractivity contribution < 1.29 is 19.1 Å². The fraction of sp³-hybridized carbons (Fsp3) is 0.318. The van der Waals surface area contributed by atoms with Gasteiger partial charge in [0.15, 0.2) is 12.4 Å². The Kier molecular flexibility index (Phi) is 8.34. The van der Waals surface area contributed by atoms with Crippen LogP contribution in [0.15, 0.2) is 58.3 Å². The van der Waals surface area contributed by atoms with Crippen LogP contribution >= 0.6 is 23.5 Å². The van der Waals surface area contributed by atoms with Gasteiger partial charge in [-0.15, -0.1) is 23.5 Å². The number of benzene rings is 2. The predicted molar refractivity (Wildman–Crippen MR) is 119 cm³/mol. The Morgan fingerprint density at radius 1 is 1.03 bits per heavy atom. The van der Waals surface area contributed by atoms with Gasteiger partial charge in [-0.05, 0) is 36.6 Å². The monoisotopic (exact) mass is 431 g/mol. The Bertz CT molecular complexity index is 890. The standard InChI is InChI=1S/C22H25NO4S2/c1-22(2,3)19(24)13-27-21(26)17-10-5-6-11-18(17)29-14-20(25)23-15-8-7-9-16(12-15)28-4/h5-12H,13-14H2,1-4H3,(H,23,25). The number of carbonyl (C=O) groups excluding carboxylic acids is 3. The Balaban J connectivity index is 1.96. The number of ketones is 1. The molecule has 0 heterocycles. The molecule has 0 saturated carbocycles. The minimum absolute atomic E-state index is 0.148. The molecule has 154 valence electrons. The number of thioether (sulfide) groups is 2. The third-order valence-corrected chi connectivity index (χ3v) is 5.79. The van der Waals surface area contributed by atoms with Crippen LogP contribution in [0.2, 0.25) is 0 Å². The summed E-state index contributed by atoms with van der Waals surface area (Å²) in [6, 6.07) is 14.5. The zero-order valence-electron chi connectivity index (χ0n) is 17.0. The van der Waals surface area contributed by atoms with Crippen LogP contribution < -0.4 is 5.32 Å². The summed E-state index contributed by atoms with van der Waals surface area (Å²) in [7, 11) is 0. The topological polar surface area (TPSA) is 72.5 Å². The number of rotatable bonds is 8. The third-order valence-electron chi connectivity index (χ3n) is 3.99. The van der Waals surface area contributed by atoms with E-state index >= 15 is 0 Å². The van der Waals surface area contributed by atoms with Crippen molar-refractivity contribution in [2.75, 3.05) is 23.9 Å². The molecular formula is C22H25NO4S2. The number of anilines is 1. The number of esters is 1. The van der Waals surface area contributed by atoms with Gasteiger partial charge in [0, 0.05) is 20.9 Å². The van der Waals surface area contributed by atoms with Crippen molar-refractivity contribution >= 4 is 46.9 Å². The van der Waals surface area contributed by atoms with Gasteiger partial charge in [-0.1, -0.05) is 39.0 Å². The molecule has 1 N–H and O–H groups in total. The van der Waals surface area contributed by atoms with E-state index < -0.39 is 11.4 Å². The summed E-state index contributed by atoms with van der Waals surface area (Å²) in [5.74, 6) is -0.740. The van der Waals surface area contributed by atoms with Crippen LogP contribution in [-0.2, 0) is 14.3 Å². The van der Waals surface area contributed by atoms with E-state index in [0.717, 1.165) is 10.6 Å². The number of Topliss-reactive ketones (excluding diaryl/α,β-unsaturated/α-hetero) is 1. The van der Waals surface area contributed by atoms with Gasteiger partial charge in [-0.2, -0.15) is 0 Å².